The topological polar surface area (TPSA) is 9.23 Å². The first-order chi connectivity index (χ1) is 9.51. The molecule has 0 heterocycles. The molecular formula is C15H12Br2Cl2O. The van der Waals surface area contributed by atoms with E-state index in [0.717, 1.165) is 25.8 Å². The van der Waals surface area contributed by atoms with Crippen LogP contribution in [-0.4, -0.2) is 7.11 Å². The molecule has 1 unspecified atom stereocenters. The van der Waals surface area contributed by atoms with Gasteiger partial charge in [-0.2, -0.15) is 0 Å². The van der Waals surface area contributed by atoms with Gasteiger partial charge in [-0.25, -0.2) is 0 Å². The fourth-order valence-corrected chi connectivity index (χ4v) is 3.57. The van der Waals surface area contributed by atoms with Crippen molar-refractivity contribution in [3.63, 3.8) is 0 Å². The number of rotatable bonds is 4. The third-order valence-electron chi connectivity index (χ3n) is 2.91. The standard InChI is InChI=1S/C15H12Br2Cl2O/c1-20-15-12(7-11(18)8-13(15)17)14(19)6-9-2-4-10(16)5-3-9/h2-5,7-8,14H,6H2,1H3. The quantitative estimate of drug-likeness (QED) is 0.502. The fourth-order valence-electron chi connectivity index (χ4n) is 1.97. The Bertz CT molecular complexity index is 600. The highest BCUT2D eigenvalue weighted by atomic mass is 79.9. The largest absolute Gasteiger partial charge is 0.495 e. The lowest BCUT2D eigenvalue weighted by Gasteiger charge is -2.16. The van der Waals surface area contributed by atoms with E-state index in [-0.39, 0.29) is 5.38 Å². The zero-order valence-corrected chi connectivity index (χ0v) is 15.4. The van der Waals surface area contributed by atoms with E-state index in [1.807, 2.05) is 30.3 Å². The van der Waals surface area contributed by atoms with Gasteiger partial charge in [-0.3, -0.25) is 0 Å². The molecule has 0 N–H and O–H groups in total. The van der Waals surface area contributed by atoms with Gasteiger partial charge in [0.25, 0.3) is 0 Å². The van der Waals surface area contributed by atoms with Crippen LogP contribution in [0.2, 0.25) is 5.02 Å². The van der Waals surface area contributed by atoms with Crippen molar-refractivity contribution in [2.24, 2.45) is 0 Å². The van der Waals surface area contributed by atoms with Crippen LogP contribution in [0.1, 0.15) is 16.5 Å². The molecule has 20 heavy (non-hydrogen) atoms. The summed E-state index contributed by atoms with van der Waals surface area (Å²) in [7, 11) is 1.63. The fraction of sp³-hybridized carbons (Fsp3) is 0.200. The molecule has 1 atom stereocenters. The van der Waals surface area contributed by atoms with Crippen molar-refractivity contribution >= 4 is 55.1 Å². The second-order valence-corrected chi connectivity index (χ2v) is 7.04. The number of alkyl halides is 1. The second-order valence-electron chi connectivity index (χ2n) is 4.31. The minimum Gasteiger partial charge on any atom is -0.495 e. The molecule has 106 valence electrons. The molecule has 2 aromatic rings. The summed E-state index contributed by atoms with van der Waals surface area (Å²) in [5, 5.41) is 0.426. The van der Waals surface area contributed by atoms with Crippen molar-refractivity contribution < 1.29 is 4.74 Å². The second kappa shape index (κ2) is 7.17. The summed E-state index contributed by atoms with van der Waals surface area (Å²) < 4.78 is 7.27. The molecule has 2 aromatic carbocycles. The Morgan fingerprint density at radius 3 is 2.40 bits per heavy atom. The van der Waals surface area contributed by atoms with E-state index in [0.29, 0.717) is 11.4 Å². The number of benzene rings is 2. The molecule has 0 radical (unpaired) electrons. The van der Waals surface area contributed by atoms with E-state index in [1.165, 1.54) is 0 Å². The maximum absolute atomic E-state index is 6.54. The van der Waals surface area contributed by atoms with Gasteiger partial charge in [0.05, 0.1) is 17.0 Å². The molecule has 5 heteroatoms. The summed E-state index contributed by atoms with van der Waals surface area (Å²) in [5.74, 6) is 0.728. The molecule has 0 fully saturated rings. The van der Waals surface area contributed by atoms with Crippen molar-refractivity contribution in [1.82, 2.24) is 0 Å². The number of halogens is 4. The van der Waals surface area contributed by atoms with Gasteiger partial charge in [0.15, 0.2) is 0 Å². The van der Waals surface area contributed by atoms with Crippen LogP contribution in [0.25, 0.3) is 0 Å². The highest BCUT2D eigenvalue weighted by Gasteiger charge is 2.17. The van der Waals surface area contributed by atoms with Crippen LogP contribution in [0.3, 0.4) is 0 Å². The Labute approximate surface area is 145 Å². The number of methoxy groups -OCH3 is 1. The summed E-state index contributed by atoms with van der Waals surface area (Å²) in [6, 6.07) is 11.7. The molecule has 2 rings (SSSR count). The SMILES string of the molecule is COc1c(Br)cc(Cl)cc1C(Cl)Cc1ccc(Br)cc1. The van der Waals surface area contributed by atoms with Crippen LogP contribution in [0, 0.1) is 0 Å². The molecule has 0 aromatic heterocycles. The first kappa shape index (κ1) is 16.2. The molecule has 0 aliphatic rings. The van der Waals surface area contributed by atoms with Crippen molar-refractivity contribution in [2.75, 3.05) is 7.11 Å². The van der Waals surface area contributed by atoms with Crippen LogP contribution in [-0.2, 0) is 6.42 Å². The number of ether oxygens (including phenoxy) is 1. The third kappa shape index (κ3) is 3.91. The zero-order valence-electron chi connectivity index (χ0n) is 10.7. The van der Waals surface area contributed by atoms with Crippen LogP contribution >= 0.6 is 55.1 Å². The van der Waals surface area contributed by atoms with Crippen LogP contribution in [0.4, 0.5) is 0 Å². The maximum atomic E-state index is 6.54. The van der Waals surface area contributed by atoms with Crippen LogP contribution in [0.5, 0.6) is 5.75 Å². The summed E-state index contributed by atoms with van der Waals surface area (Å²) in [4.78, 5) is 0. The molecule has 0 aliphatic heterocycles. The minimum atomic E-state index is -0.207. The smallest absolute Gasteiger partial charge is 0.137 e. The minimum absolute atomic E-state index is 0.207. The van der Waals surface area contributed by atoms with Crippen molar-refractivity contribution in [1.29, 1.82) is 0 Å². The Kier molecular flexibility index (Phi) is 5.79. The van der Waals surface area contributed by atoms with E-state index in [2.05, 4.69) is 31.9 Å². The van der Waals surface area contributed by atoms with Crippen molar-refractivity contribution in [3.05, 3.63) is 61.5 Å². The van der Waals surface area contributed by atoms with E-state index in [4.69, 9.17) is 27.9 Å². The van der Waals surface area contributed by atoms with Crippen LogP contribution < -0.4 is 4.74 Å². The highest BCUT2D eigenvalue weighted by Crippen LogP contribution is 2.39. The molecule has 0 aliphatic carbocycles. The lowest BCUT2D eigenvalue weighted by molar-refractivity contribution is 0.406. The van der Waals surface area contributed by atoms with E-state index >= 15 is 0 Å². The Morgan fingerprint density at radius 1 is 1.15 bits per heavy atom. The normalized spacial score (nSPS) is 12.2. The first-order valence-corrected chi connectivity index (χ1v) is 8.32. The van der Waals surface area contributed by atoms with Gasteiger partial charge in [0, 0.05) is 15.1 Å². The Balaban J connectivity index is 2.28. The van der Waals surface area contributed by atoms with Gasteiger partial charge in [-0.15, -0.1) is 11.6 Å². The Morgan fingerprint density at radius 2 is 1.80 bits per heavy atom. The average molecular weight is 439 g/mol. The highest BCUT2D eigenvalue weighted by molar-refractivity contribution is 9.10. The number of hydrogen-bond donors (Lipinski definition) is 0. The molecule has 0 amide bonds. The van der Waals surface area contributed by atoms with Gasteiger partial charge in [0.1, 0.15) is 5.75 Å². The van der Waals surface area contributed by atoms with Crippen LogP contribution in [0.15, 0.2) is 45.3 Å². The molecule has 0 bridgehead atoms. The summed E-state index contributed by atoms with van der Waals surface area (Å²) in [5.41, 5.74) is 2.04. The van der Waals surface area contributed by atoms with Gasteiger partial charge >= 0.3 is 0 Å². The van der Waals surface area contributed by atoms with E-state index < -0.39 is 0 Å². The van der Waals surface area contributed by atoms with E-state index in [9.17, 15) is 0 Å². The van der Waals surface area contributed by atoms with Crippen molar-refractivity contribution in [2.45, 2.75) is 11.8 Å². The van der Waals surface area contributed by atoms with E-state index in [1.54, 1.807) is 13.2 Å². The maximum Gasteiger partial charge on any atom is 0.137 e. The predicted molar refractivity (Wildman–Crippen MR) is 92.1 cm³/mol. The molecule has 0 saturated heterocycles. The Hall–Kier alpha value is -0.220. The number of hydrogen-bond acceptors (Lipinski definition) is 1. The summed E-state index contributed by atoms with van der Waals surface area (Å²) in [6.07, 6.45) is 0.706. The zero-order chi connectivity index (χ0) is 14.7. The molecule has 0 spiro atoms. The summed E-state index contributed by atoms with van der Waals surface area (Å²) in [6.45, 7) is 0. The van der Waals surface area contributed by atoms with Gasteiger partial charge in [0.2, 0.25) is 0 Å². The van der Waals surface area contributed by atoms with Gasteiger partial charge in [-0.05, 0) is 52.2 Å². The van der Waals surface area contributed by atoms with Gasteiger partial charge < -0.3 is 4.74 Å². The molecular weight excluding hydrogens is 427 g/mol. The third-order valence-corrected chi connectivity index (χ3v) is 4.63. The lowest BCUT2D eigenvalue weighted by Crippen LogP contribution is -2.00. The summed E-state index contributed by atoms with van der Waals surface area (Å²) >= 11 is 19.5. The van der Waals surface area contributed by atoms with Crippen molar-refractivity contribution in [3.8, 4) is 5.75 Å². The first-order valence-electron chi connectivity index (χ1n) is 5.92. The van der Waals surface area contributed by atoms with Gasteiger partial charge in [-0.1, -0.05) is 39.7 Å². The monoisotopic (exact) mass is 436 g/mol. The lowest BCUT2D eigenvalue weighted by atomic mass is 10.0. The average Bonchev–Trinajstić information content (AvgIpc) is 2.40. The molecule has 0 saturated carbocycles. The predicted octanol–water partition coefficient (Wildman–Crippen LogP) is 6.40. The molecule has 1 nitrogen and oxygen atoms in total.